The molecule has 1 heterocycles. The molecule has 0 amide bonds. The number of hydrogen-bond donors (Lipinski definition) is 1. The first-order valence-electron chi connectivity index (χ1n) is 8.59. The molecule has 0 fully saturated rings. The molecule has 2 aromatic carbocycles. The molecular formula is C19H17F3N4O3S. The van der Waals surface area contributed by atoms with Crippen molar-refractivity contribution in [3.05, 3.63) is 76.7 Å². The fourth-order valence-electron chi connectivity index (χ4n) is 2.77. The molecule has 0 atom stereocenters. The van der Waals surface area contributed by atoms with Gasteiger partial charge in [0.2, 0.25) is 0 Å². The molecule has 0 aliphatic rings. The molecule has 11 heteroatoms. The van der Waals surface area contributed by atoms with Crippen molar-refractivity contribution in [2.75, 3.05) is 12.8 Å². The Hall–Kier alpha value is -3.18. The molecule has 2 N–H and O–H groups in total. The van der Waals surface area contributed by atoms with E-state index in [-0.39, 0.29) is 10.6 Å². The summed E-state index contributed by atoms with van der Waals surface area (Å²) < 4.78 is 65.0. The molecule has 0 radical (unpaired) electrons. The van der Waals surface area contributed by atoms with Gasteiger partial charge in [-0.15, -0.1) is 0 Å². The van der Waals surface area contributed by atoms with Crippen molar-refractivity contribution in [3.63, 3.8) is 0 Å². The third-order valence-corrected chi connectivity index (χ3v) is 5.54. The standard InChI is InChI=1S/C19H17F3N4O3S/c1-30(28,29)15-5-2-12(3-6-15)13-4-7-17(16(20)8-13)25-11-24-26(19(25)27)10-14(9-23)18(21)22/h2-8,11H,9-10,23H2,1H3. The predicted molar refractivity (Wildman–Crippen MR) is 105 cm³/mol. The average molecular weight is 438 g/mol. The normalized spacial score (nSPS) is 11.5. The van der Waals surface area contributed by atoms with Crippen molar-refractivity contribution < 1.29 is 21.6 Å². The smallest absolute Gasteiger partial charge is 0.327 e. The Morgan fingerprint density at radius 2 is 1.73 bits per heavy atom. The van der Waals surface area contributed by atoms with Crippen LogP contribution in [0.2, 0.25) is 0 Å². The first kappa shape index (κ1) is 21.5. The van der Waals surface area contributed by atoms with Crippen LogP contribution in [0.15, 0.2) is 70.1 Å². The Balaban J connectivity index is 1.93. The van der Waals surface area contributed by atoms with Gasteiger partial charge in [0.15, 0.2) is 9.84 Å². The molecule has 3 aromatic rings. The zero-order valence-corrected chi connectivity index (χ0v) is 16.5. The quantitative estimate of drug-likeness (QED) is 0.637. The van der Waals surface area contributed by atoms with Crippen molar-refractivity contribution in [1.29, 1.82) is 0 Å². The van der Waals surface area contributed by atoms with Crippen LogP contribution in [0.5, 0.6) is 0 Å². The highest BCUT2D eigenvalue weighted by molar-refractivity contribution is 7.90. The van der Waals surface area contributed by atoms with Crippen LogP contribution in [-0.2, 0) is 16.4 Å². The average Bonchev–Trinajstić information content (AvgIpc) is 3.05. The number of halogens is 3. The molecule has 1 aromatic heterocycles. The minimum absolute atomic E-state index is 0.109. The van der Waals surface area contributed by atoms with Crippen LogP contribution in [0.4, 0.5) is 13.2 Å². The van der Waals surface area contributed by atoms with Crippen LogP contribution in [0, 0.1) is 5.82 Å². The van der Waals surface area contributed by atoms with Crippen LogP contribution in [0.1, 0.15) is 0 Å². The van der Waals surface area contributed by atoms with Crippen molar-refractivity contribution in [2.24, 2.45) is 5.73 Å². The Labute approximate surface area is 169 Å². The lowest BCUT2D eigenvalue weighted by Crippen LogP contribution is -2.26. The van der Waals surface area contributed by atoms with Crippen LogP contribution in [-0.4, -0.2) is 35.6 Å². The summed E-state index contributed by atoms with van der Waals surface area (Å²) in [6.07, 6.45) is 0.130. The highest BCUT2D eigenvalue weighted by atomic mass is 32.2. The number of sulfone groups is 1. The highest BCUT2D eigenvalue weighted by Gasteiger charge is 2.15. The second-order valence-corrected chi connectivity index (χ2v) is 8.49. The van der Waals surface area contributed by atoms with Crippen LogP contribution >= 0.6 is 0 Å². The molecule has 0 aliphatic heterocycles. The third kappa shape index (κ3) is 4.36. The largest absolute Gasteiger partial charge is 0.350 e. The Kier molecular flexibility index (Phi) is 5.94. The van der Waals surface area contributed by atoms with Gasteiger partial charge in [0.1, 0.15) is 12.1 Å². The molecule has 3 rings (SSSR count). The Morgan fingerprint density at radius 3 is 2.27 bits per heavy atom. The summed E-state index contributed by atoms with van der Waals surface area (Å²) in [6, 6.07) is 9.99. The van der Waals surface area contributed by atoms with Gasteiger partial charge in [0, 0.05) is 18.4 Å². The van der Waals surface area contributed by atoms with E-state index in [4.69, 9.17) is 5.73 Å². The summed E-state index contributed by atoms with van der Waals surface area (Å²) >= 11 is 0. The van der Waals surface area contributed by atoms with Crippen molar-refractivity contribution in [1.82, 2.24) is 14.3 Å². The molecule has 0 unspecified atom stereocenters. The predicted octanol–water partition coefficient (Wildman–Crippen LogP) is 2.35. The van der Waals surface area contributed by atoms with Crippen LogP contribution < -0.4 is 11.4 Å². The zero-order chi connectivity index (χ0) is 22.1. The molecule has 0 spiro atoms. The van der Waals surface area contributed by atoms with Gasteiger partial charge in [-0.3, -0.25) is 0 Å². The van der Waals surface area contributed by atoms with Crippen molar-refractivity contribution in [3.8, 4) is 16.8 Å². The first-order chi connectivity index (χ1) is 14.1. The van der Waals surface area contributed by atoms with E-state index in [9.17, 15) is 26.4 Å². The minimum Gasteiger partial charge on any atom is -0.327 e. The van der Waals surface area contributed by atoms with Gasteiger partial charge in [-0.1, -0.05) is 18.2 Å². The Bertz CT molecular complexity index is 1280. The summed E-state index contributed by atoms with van der Waals surface area (Å²) in [5, 5.41) is 3.74. The topological polar surface area (TPSA) is 100.0 Å². The maximum Gasteiger partial charge on any atom is 0.350 e. The number of hydrogen-bond acceptors (Lipinski definition) is 5. The fourth-order valence-corrected chi connectivity index (χ4v) is 3.40. The van der Waals surface area contributed by atoms with Gasteiger partial charge in [0.25, 0.3) is 6.08 Å². The van der Waals surface area contributed by atoms with E-state index in [2.05, 4.69) is 5.10 Å². The van der Waals surface area contributed by atoms with E-state index in [1.807, 2.05) is 0 Å². The maximum atomic E-state index is 14.7. The third-order valence-electron chi connectivity index (χ3n) is 4.41. The summed E-state index contributed by atoms with van der Waals surface area (Å²) in [6.45, 7) is -0.945. The molecule has 0 saturated heterocycles. The minimum atomic E-state index is -3.35. The molecular weight excluding hydrogens is 421 g/mol. The fraction of sp³-hybridized carbons (Fsp3) is 0.158. The number of aromatic nitrogens is 3. The van der Waals surface area contributed by atoms with E-state index < -0.39 is 46.1 Å². The Morgan fingerprint density at radius 1 is 1.10 bits per heavy atom. The first-order valence-corrected chi connectivity index (χ1v) is 10.5. The van der Waals surface area contributed by atoms with Gasteiger partial charge in [0.05, 0.1) is 17.1 Å². The van der Waals surface area contributed by atoms with Gasteiger partial charge in [-0.25, -0.2) is 26.9 Å². The summed E-state index contributed by atoms with van der Waals surface area (Å²) in [7, 11) is -3.35. The summed E-state index contributed by atoms with van der Waals surface area (Å²) in [5.74, 6) is -0.743. The van der Waals surface area contributed by atoms with Gasteiger partial charge >= 0.3 is 5.69 Å². The highest BCUT2D eigenvalue weighted by Crippen LogP contribution is 2.24. The number of benzene rings is 2. The van der Waals surface area contributed by atoms with Gasteiger partial charge in [-0.05, 0) is 35.4 Å². The van der Waals surface area contributed by atoms with E-state index >= 15 is 0 Å². The molecule has 0 aliphatic carbocycles. The SMILES string of the molecule is CS(=O)(=O)c1ccc(-c2ccc(-n3cnn(CC(CN)=C(F)F)c3=O)c(F)c2)cc1. The number of nitrogens with two attached hydrogens (primary N) is 1. The molecule has 30 heavy (non-hydrogen) atoms. The lowest BCUT2D eigenvalue weighted by molar-refractivity contribution is 0.400. The monoisotopic (exact) mass is 438 g/mol. The summed E-state index contributed by atoms with van der Waals surface area (Å²) in [4.78, 5) is 12.6. The van der Waals surface area contributed by atoms with Crippen LogP contribution in [0.25, 0.3) is 16.8 Å². The van der Waals surface area contributed by atoms with Gasteiger partial charge < -0.3 is 5.73 Å². The molecule has 0 saturated carbocycles. The van der Waals surface area contributed by atoms with E-state index in [1.165, 1.54) is 24.3 Å². The second kappa shape index (κ2) is 8.28. The maximum absolute atomic E-state index is 14.7. The number of nitrogens with zero attached hydrogens (tertiary/aromatic N) is 3. The lowest BCUT2D eigenvalue weighted by Gasteiger charge is -2.07. The van der Waals surface area contributed by atoms with Gasteiger partial charge in [-0.2, -0.15) is 13.9 Å². The molecule has 0 bridgehead atoms. The number of rotatable bonds is 6. The zero-order valence-electron chi connectivity index (χ0n) is 15.7. The van der Waals surface area contributed by atoms with Crippen molar-refractivity contribution in [2.45, 2.75) is 11.4 Å². The van der Waals surface area contributed by atoms with E-state index in [1.54, 1.807) is 18.2 Å². The van der Waals surface area contributed by atoms with E-state index in [0.717, 1.165) is 21.8 Å². The second-order valence-electron chi connectivity index (χ2n) is 6.47. The van der Waals surface area contributed by atoms with Crippen LogP contribution in [0.3, 0.4) is 0 Å². The van der Waals surface area contributed by atoms with E-state index in [0.29, 0.717) is 11.1 Å². The van der Waals surface area contributed by atoms with Crippen molar-refractivity contribution >= 4 is 9.84 Å². The lowest BCUT2D eigenvalue weighted by atomic mass is 10.1. The molecule has 7 nitrogen and oxygen atoms in total. The molecule has 158 valence electrons. The summed E-state index contributed by atoms with van der Waals surface area (Å²) in [5.41, 5.74) is 4.92.